The van der Waals surface area contributed by atoms with E-state index in [1.807, 2.05) is 0 Å². The van der Waals surface area contributed by atoms with Crippen LogP contribution in [0.4, 0.5) is 0 Å². The quantitative estimate of drug-likeness (QED) is 0.827. The number of likely N-dealkylation sites (tertiary alicyclic amines) is 1. The maximum absolute atomic E-state index is 4.09. The highest BCUT2D eigenvalue weighted by Gasteiger charge is 2.35. The summed E-state index contributed by atoms with van der Waals surface area (Å²) in [5.41, 5.74) is 0.451. The van der Waals surface area contributed by atoms with Crippen molar-refractivity contribution in [3.63, 3.8) is 0 Å². The summed E-state index contributed by atoms with van der Waals surface area (Å²) >= 11 is 0. The summed E-state index contributed by atoms with van der Waals surface area (Å²) in [7, 11) is 0. The molecule has 0 radical (unpaired) electrons. The average Bonchev–Trinajstić information content (AvgIpc) is 2.64. The Morgan fingerprint density at radius 1 is 0.905 bits per heavy atom. The predicted octanol–water partition coefficient (Wildman–Crippen LogP) is 4.44. The third-order valence-corrected chi connectivity index (χ3v) is 5.82. The van der Waals surface area contributed by atoms with Crippen molar-refractivity contribution >= 4 is 0 Å². The van der Waals surface area contributed by atoms with Crippen molar-refractivity contribution in [2.24, 2.45) is 11.3 Å². The van der Waals surface area contributed by atoms with Gasteiger partial charge in [0.25, 0.3) is 0 Å². The van der Waals surface area contributed by atoms with E-state index in [2.05, 4.69) is 44.8 Å². The van der Waals surface area contributed by atoms with Crippen molar-refractivity contribution < 1.29 is 0 Å². The summed E-state index contributed by atoms with van der Waals surface area (Å²) in [4.78, 5) is 2.66. The van der Waals surface area contributed by atoms with Gasteiger partial charge in [0.15, 0.2) is 0 Å². The van der Waals surface area contributed by atoms with E-state index in [0.717, 1.165) is 18.0 Å². The molecular formula is C19H38N2. The molecule has 1 heterocycles. The van der Waals surface area contributed by atoms with Crippen LogP contribution in [0.25, 0.3) is 0 Å². The van der Waals surface area contributed by atoms with Crippen molar-refractivity contribution in [2.75, 3.05) is 13.1 Å². The standard InChI is InChI=1S/C19H38N2/c1-15(2)21-13-8-9-16(12-14-21)20-18-11-7-6-10-17(18)19(3,4)5/h15-18,20H,6-14H2,1-5H3. The van der Waals surface area contributed by atoms with Gasteiger partial charge in [-0.3, -0.25) is 0 Å². The fourth-order valence-corrected chi connectivity index (χ4v) is 4.47. The minimum absolute atomic E-state index is 0.451. The molecule has 1 N–H and O–H groups in total. The van der Waals surface area contributed by atoms with Gasteiger partial charge in [-0.25, -0.2) is 0 Å². The largest absolute Gasteiger partial charge is 0.311 e. The van der Waals surface area contributed by atoms with Crippen LogP contribution >= 0.6 is 0 Å². The van der Waals surface area contributed by atoms with E-state index in [9.17, 15) is 0 Å². The maximum Gasteiger partial charge on any atom is 0.0103 e. The Morgan fingerprint density at radius 2 is 1.62 bits per heavy atom. The van der Waals surface area contributed by atoms with Crippen LogP contribution in [0.15, 0.2) is 0 Å². The molecular weight excluding hydrogens is 256 g/mol. The summed E-state index contributed by atoms with van der Waals surface area (Å²) in [6.07, 6.45) is 9.75. The molecule has 2 rings (SSSR count). The molecule has 2 fully saturated rings. The SMILES string of the molecule is CC(C)N1CCCC(NC2CCCCC2C(C)(C)C)CC1. The van der Waals surface area contributed by atoms with Gasteiger partial charge in [-0.1, -0.05) is 33.6 Å². The highest BCUT2D eigenvalue weighted by atomic mass is 15.2. The number of hydrogen-bond acceptors (Lipinski definition) is 2. The first-order chi connectivity index (χ1) is 9.88. The van der Waals surface area contributed by atoms with Crippen LogP contribution in [-0.4, -0.2) is 36.1 Å². The third kappa shape index (κ3) is 4.96. The molecule has 2 nitrogen and oxygen atoms in total. The van der Waals surface area contributed by atoms with E-state index in [1.165, 1.54) is 58.0 Å². The minimum Gasteiger partial charge on any atom is -0.311 e. The fourth-order valence-electron chi connectivity index (χ4n) is 4.47. The molecule has 3 unspecified atom stereocenters. The van der Waals surface area contributed by atoms with Crippen LogP contribution in [-0.2, 0) is 0 Å². The van der Waals surface area contributed by atoms with E-state index < -0.39 is 0 Å². The predicted molar refractivity (Wildman–Crippen MR) is 92.7 cm³/mol. The molecule has 1 saturated carbocycles. The molecule has 0 aromatic heterocycles. The Balaban J connectivity index is 1.90. The molecule has 124 valence electrons. The van der Waals surface area contributed by atoms with E-state index in [-0.39, 0.29) is 0 Å². The first-order valence-corrected chi connectivity index (χ1v) is 9.38. The molecule has 2 heteroatoms. The Morgan fingerprint density at radius 3 is 2.29 bits per heavy atom. The molecule has 21 heavy (non-hydrogen) atoms. The lowest BCUT2D eigenvalue weighted by Gasteiger charge is -2.42. The van der Waals surface area contributed by atoms with Gasteiger partial charge in [0.1, 0.15) is 0 Å². The number of nitrogens with one attached hydrogen (secondary N) is 1. The summed E-state index contributed by atoms with van der Waals surface area (Å²) in [5.74, 6) is 0.857. The van der Waals surface area contributed by atoms with E-state index >= 15 is 0 Å². The summed E-state index contributed by atoms with van der Waals surface area (Å²) in [5, 5.41) is 4.09. The molecule has 0 spiro atoms. The lowest BCUT2D eigenvalue weighted by molar-refractivity contribution is 0.120. The Bertz CT molecular complexity index is 305. The van der Waals surface area contributed by atoms with Crippen LogP contribution in [0.2, 0.25) is 0 Å². The first kappa shape index (κ1) is 17.3. The van der Waals surface area contributed by atoms with Gasteiger partial charge >= 0.3 is 0 Å². The lowest BCUT2D eigenvalue weighted by atomic mass is 9.69. The van der Waals surface area contributed by atoms with Crippen molar-refractivity contribution in [2.45, 2.75) is 97.7 Å². The van der Waals surface area contributed by atoms with Gasteiger partial charge in [0, 0.05) is 18.1 Å². The van der Waals surface area contributed by atoms with Gasteiger partial charge in [0.2, 0.25) is 0 Å². The Hall–Kier alpha value is -0.0800. The molecule has 0 aromatic rings. The smallest absolute Gasteiger partial charge is 0.0103 e. The van der Waals surface area contributed by atoms with Gasteiger partial charge < -0.3 is 10.2 Å². The average molecular weight is 295 g/mol. The Labute approximate surface area is 133 Å². The highest BCUT2D eigenvalue weighted by molar-refractivity contribution is 4.90. The number of rotatable bonds is 3. The highest BCUT2D eigenvalue weighted by Crippen LogP contribution is 2.38. The summed E-state index contributed by atoms with van der Waals surface area (Å²) < 4.78 is 0. The second-order valence-corrected chi connectivity index (χ2v) is 8.79. The first-order valence-electron chi connectivity index (χ1n) is 9.38. The molecule has 1 aliphatic carbocycles. The zero-order valence-corrected chi connectivity index (χ0v) is 15.1. The third-order valence-electron chi connectivity index (χ3n) is 5.82. The minimum atomic E-state index is 0.451. The van der Waals surface area contributed by atoms with Crippen molar-refractivity contribution in [3.8, 4) is 0 Å². The molecule has 0 aromatic carbocycles. The van der Waals surface area contributed by atoms with Crippen LogP contribution in [0.1, 0.15) is 79.6 Å². The zero-order valence-electron chi connectivity index (χ0n) is 15.1. The Kier molecular flexibility index (Phi) is 6.14. The van der Waals surface area contributed by atoms with Crippen molar-refractivity contribution in [1.82, 2.24) is 10.2 Å². The van der Waals surface area contributed by atoms with Gasteiger partial charge in [-0.15, -0.1) is 0 Å². The second-order valence-electron chi connectivity index (χ2n) is 8.79. The molecule has 1 saturated heterocycles. The monoisotopic (exact) mass is 294 g/mol. The van der Waals surface area contributed by atoms with E-state index in [1.54, 1.807) is 0 Å². The summed E-state index contributed by atoms with van der Waals surface area (Å²) in [6.45, 7) is 14.6. The molecule has 1 aliphatic heterocycles. The van der Waals surface area contributed by atoms with Crippen LogP contribution in [0.5, 0.6) is 0 Å². The second kappa shape index (κ2) is 7.46. The van der Waals surface area contributed by atoms with Crippen molar-refractivity contribution in [1.29, 1.82) is 0 Å². The molecule has 0 bridgehead atoms. The number of nitrogens with zero attached hydrogens (tertiary/aromatic N) is 1. The van der Waals surface area contributed by atoms with Gasteiger partial charge in [0.05, 0.1) is 0 Å². The van der Waals surface area contributed by atoms with Crippen LogP contribution in [0, 0.1) is 11.3 Å². The van der Waals surface area contributed by atoms with E-state index in [4.69, 9.17) is 0 Å². The van der Waals surface area contributed by atoms with Crippen LogP contribution in [0.3, 0.4) is 0 Å². The number of hydrogen-bond donors (Lipinski definition) is 1. The van der Waals surface area contributed by atoms with Crippen LogP contribution < -0.4 is 5.32 Å². The molecule has 0 amide bonds. The van der Waals surface area contributed by atoms with Crippen molar-refractivity contribution in [3.05, 3.63) is 0 Å². The van der Waals surface area contributed by atoms with Gasteiger partial charge in [-0.2, -0.15) is 0 Å². The molecule has 2 aliphatic rings. The summed E-state index contributed by atoms with van der Waals surface area (Å²) in [6, 6.07) is 2.22. The van der Waals surface area contributed by atoms with Gasteiger partial charge in [-0.05, 0) is 70.4 Å². The zero-order chi connectivity index (χ0) is 15.5. The molecule has 3 atom stereocenters. The topological polar surface area (TPSA) is 15.3 Å². The lowest BCUT2D eigenvalue weighted by Crippen LogP contribution is -2.48. The fraction of sp³-hybridized carbons (Fsp3) is 1.00. The maximum atomic E-state index is 4.09. The normalized spacial score (nSPS) is 33.1. The van der Waals surface area contributed by atoms with E-state index in [0.29, 0.717) is 11.5 Å².